The van der Waals surface area contributed by atoms with Gasteiger partial charge in [-0.25, -0.2) is 9.97 Å². The van der Waals surface area contributed by atoms with E-state index in [2.05, 4.69) is 36.4 Å². The summed E-state index contributed by atoms with van der Waals surface area (Å²) in [5.74, 6) is 1.61. The molecule has 0 bridgehead atoms. The van der Waals surface area contributed by atoms with Crippen molar-refractivity contribution in [1.29, 1.82) is 0 Å². The first-order valence-corrected chi connectivity index (χ1v) is 11.5. The molecule has 0 amide bonds. The largest absolute Gasteiger partial charge is 0.457 e. The average molecular weight is 437 g/mol. The maximum absolute atomic E-state index is 6.04. The van der Waals surface area contributed by atoms with Gasteiger partial charge in [-0.2, -0.15) is 0 Å². The minimum Gasteiger partial charge on any atom is -0.457 e. The molecule has 5 heteroatoms. The zero-order chi connectivity index (χ0) is 20.6. The number of fused-ring (bicyclic) bond motifs is 2. The van der Waals surface area contributed by atoms with Crippen molar-refractivity contribution in [2.24, 2.45) is 0 Å². The number of ether oxygens (including phenoxy) is 1. The molecule has 4 aromatic carbocycles. The fourth-order valence-corrected chi connectivity index (χ4v) is 5.40. The van der Waals surface area contributed by atoms with E-state index in [0.29, 0.717) is 0 Å². The van der Waals surface area contributed by atoms with Gasteiger partial charge in [0.2, 0.25) is 0 Å². The number of benzene rings is 4. The number of nitrogens with zero attached hydrogens (tertiary/aromatic N) is 2. The Morgan fingerprint density at radius 3 is 1.32 bits per heavy atom. The summed E-state index contributed by atoms with van der Waals surface area (Å²) in [5, 5.41) is 2.04. The summed E-state index contributed by atoms with van der Waals surface area (Å²) in [6, 6.07) is 32.6. The van der Waals surface area contributed by atoms with E-state index in [1.54, 1.807) is 22.7 Å². The molecule has 148 valence electrons. The SMILES string of the molecule is c1ccc2sc(-c3ccc(Oc4ccc(-c5nc6ccccc6s5)cc4)cc3)nc2c1. The third-order valence-corrected chi connectivity index (χ3v) is 7.20. The molecule has 0 N–H and O–H groups in total. The summed E-state index contributed by atoms with van der Waals surface area (Å²) >= 11 is 3.41. The van der Waals surface area contributed by atoms with E-state index in [1.807, 2.05) is 60.7 Å². The Labute approximate surface area is 187 Å². The molecule has 6 aromatic rings. The lowest BCUT2D eigenvalue weighted by molar-refractivity contribution is 0.483. The Kier molecular flexibility index (Phi) is 4.48. The lowest BCUT2D eigenvalue weighted by Crippen LogP contribution is -1.85. The predicted octanol–water partition coefficient (Wildman–Crippen LogP) is 8.03. The first kappa shape index (κ1) is 18.2. The van der Waals surface area contributed by atoms with Crippen molar-refractivity contribution in [1.82, 2.24) is 9.97 Å². The first-order valence-electron chi connectivity index (χ1n) is 9.92. The van der Waals surface area contributed by atoms with Crippen molar-refractivity contribution in [2.75, 3.05) is 0 Å². The second-order valence-corrected chi connectivity index (χ2v) is 9.19. The molecule has 0 fully saturated rings. The van der Waals surface area contributed by atoms with Crippen molar-refractivity contribution in [3.63, 3.8) is 0 Å². The van der Waals surface area contributed by atoms with Crippen LogP contribution >= 0.6 is 22.7 Å². The summed E-state index contributed by atoms with van der Waals surface area (Å²) in [7, 11) is 0. The predicted molar refractivity (Wildman–Crippen MR) is 130 cm³/mol. The van der Waals surface area contributed by atoms with Gasteiger partial charge >= 0.3 is 0 Å². The molecule has 0 aliphatic rings. The molecule has 0 unspecified atom stereocenters. The molecule has 0 saturated heterocycles. The van der Waals surface area contributed by atoms with E-state index in [9.17, 15) is 0 Å². The van der Waals surface area contributed by atoms with Crippen LogP contribution in [0, 0.1) is 0 Å². The fourth-order valence-electron chi connectivity index (χ4n) is 3.46. The molecular formula is C26H16N2OS2. The molecule has 0 aliphatic heterocycles. The molecule has 2 heterocycles. The molecule has 0 aliphatic carbocycles. The van der Waals surface area contributed by atoms with Gasteiger partial charge in [-0.15, -0.1) is 22.7 Å². The van der Waals surface area contributed by atoms with Crippen molar-refractivity contribution in [3.05, 3.63) is 97.1 Å². The maximum Gasteiger partial charge on any atom is 0.127 e. The van der Waals surface area contributed by atoms with Crippen LogP contribution in [0.1, 0.15) is 0 Å². The Morgan fingerprint density at radius 2 is 0.903 bits per heavy atom. The number of hydrogen-bond acceptors (Lipinski definition) is 5. The van der Waals surface area contributed by atoms with Crippen molar-refractivity contribution in [3.8, 4) is 32.6 Å². The molecule has 0 atom stereocenters. The van der Waals surface area contributed by atoms with Gasteiger partial charge in [-0.1, -0.05) is 24.3 Å². The molecule has 6 rings (SSSR count). The summed E-state index contributed by atoms with van der Waals surface area (Å²) in [6.07, 6.45) is 0. The minimum atomic E-state index is 0.803. The summed E-state index contributed by atoms with van der Waals surface area (Å²) in [4.78, 5) is 9.45. The van der Waals surface area contributed by atoms with E-state index < -0.39 is 0 Å². The second-order valence-electron chi connectivity index (χ2n) is 7.12. The van der Waals surface area contributed by atoms with Crippen LogP contribution < -0.4 is 4.74 Å². The van der Waals surface area contributed by atoms with Crippen molar-refractivity contribution in [2.45, 2.75) is 0 Å². The van der Waals surface area contributed by atoms with E-state index in [-0.39, 0.29) is 0 Å². The van der Waals surface area contributed by atoms with Crippen LogP contribution in [0.5, 0.6) is 11.5 Å². The number of hydrogen-bond donors (Lipinski definition) is 0. The van der Waals surface area contributed by atoms with Crippen LogP contribution in [-0.2, 0) is 0 Å². The van der Waals surface area contributed by atoms with Gasteiger partial charge in [-0.05, 0) is 72.8 Å². The summed E-state index contributed by atoms with van der Waals surface area (Å²) in [5.41, 5.74) is 4.27. The zero-order valence-corrected chi connectivity index (χ0v) is 18.0. The Morgan fingerprint density at radius 1 is 0.484 bits per heavy atom. The van der Waals surface area contributed by atoms with Crippen LogP contribution in [-0.4, -0.2) is 9.97 Å². The lowest BCUT2D eigenvalue weighted by Gasteiger charge is -2.07. The third-order valence-electron chi connectivity index (χ3n) is 5.03. The van der Waals surface area contributed by atoms with Crippen LogP contribution in [0.3, 0.4) is 0 Å². The topological polar surface area (TPSA) is 35.0 Å². The number of para-hydroxylation sites is 2. The fraction of sp³-hybridized carbons (Fsp3) is 0. The second kappa shape index (κ2) is 7.61. The van der Waals surface area contributed by atoms with Gasteiger partial charge < -0.3 is 4.74 Å². The molecule has 0 radical (unpaired) electrons. The number of rotatable bonds is 4. The molecule has 2 aromatic heterocycles. The van der Waals surface area contributed by atoms with E-state index >= 15 is 0 Å². The van der Waals surface area contributed by atoms with Gasteiger partial charge in [0, 0.05) is 11.1 Å². The van der Waals surface area contributed by atoms with Crippen LogP contribution in [0.2, 0.25) is 0 Å². The highest BCUT2D eigenvalue weighted by molar-refractivity contribution is 7.22. The van der Waals surface area contributed by atoms with Crippen LogP contribution in [0.4, 0.5) is 0 Å². The van der Waals surface area contributed by atoms with Gasteiger partial charge in [-0.3, -0.25) is 0 Å². The third kappa shape index (κ3) is 3.58. The molecule has 31 heavy (non-hydrogen) atoms. The molecular weight excluding hydrogens is 420 g/mol. The van der Waals surface area contributed by atoms with E-state index in [0.717, 1.165) is 43.7 Å². The van der Waals surface area contributed by atoms with Gasteiger partial charge in [0.1, 0.15) is 21.5 Å². The smallest absolute Gasteiger partial charge is 0.127 e. The highest BCUT2D eigenvalue weighted by Gasteiger charge is 2.08. The lowest BCUT2D eigenvalue weighted by atomic mass is 10.2. The van der Waals surface area contributed by atoms with Crippen molar-refractivity contribution >= 4 is 43.1 Å². The van der Waals surface area contributed by atoms with Crippen molar-refractivity contribution < 1.29 is 4.74 Å². The van der Waals surface area contributed by atoms with E-state index in [4.69, 9.17) is 14.7 Å². The van der Waals surface area contributed by atoms with Gasteiger partial charge in [0.15, 0.2) is 0 Å². The summed E-state index contributed by atoms with van der Waals surface area (Å²) in [6.45, 7) is 0. The first-order chi connectivity index (χ1) is 15.3. The molecule has 0 saturated carbocycles. The maximum atomic E-state index is 6.04. The average Bonchev–Trinajstić information content (AvgIpc) is 3.44. The Bertz CT molecular complexity index is 1320. The van der Waals surface area contributed by atoms with E-state index in [1.165, 1.54) is 9.40 Å². The van der Waals surface area contributed by atoms with Crippen LogP contribution in [0.25, 0.3) is 41.6 Å². The zero-order valence-electron chi connectivity index (χ0n) is 16.4. The number of aromatic nitrogens is 2. The highest BCUT2D eigenvalue weighted by atomic mass is 32.1. The van der Waals surface area contributed by atoms with Gasteiger partial charge in [0.25, 0.3) is 0 Å². The molecule has 3 nitrogen and oxygen atoms in total. The molecule has 0 spiro atoms. The quantitative estimate of drug-likeness (QED) is 0.280. The highest BCUT2D eigenvalue weighted by Crippen LogP contribution is 2.33. The Balaban J connectivity index is 1.20. The Hall–Kier alpha value is -3.54. The monoisotopic (exact) mass is 436 g/mol. The normalized spacial score (nSPS) is 11.2. The minimum absolute atomic E-state index is 0.803. The summed E-state index contributed by atoms with van der Waals surface area (Å²) < 4.78 is 8.44. The standard InChI is InChI=1S/C26H16N2OS2/c1-3-7-23-21(5-1)27-25(30-23)17-9-13-19(14-10-17)29-20-15-11-18(12-16-20)26-28-22-6-2-4-8-24(22)31-26/h1-16H. The van der Waals surface area contributed by atoms with Gasteiger partial charge in [0.05, 0.1) is 20.4 Å². The number of thiazole rings is 2. The van der Waals surface area contributed by atoms with Crippen LogP contribution in [0.15, 0.2) is 97.1 Å².